The quantitative estimate of drug-likeness (QED) is 0.543. The summed E-state index contributed by atoms with van der Waals surface area (Å²) in [5.41, 5.74) is 3.35. The van der Waals surface area contributed by atoms with Gasteiger partial charge in [0.1, 0.15) is 17.1 Å². The largest absolute Gasteiger partial charge is 0.507 e. The minimum absolute atomic E-state index is 0.0877. The molecular formula is C21H15FN2O3. The van der Waals surface area contributed by atoms with Crippen LogP contribution in [0.4, 0.5) is 10.1 Å². The molecule has 3 aromatic carbocycles. The van der Waals surface area contributed by atoms with Crippen molar-refractivity contribution in [1.82, 2.24) is 4.98 Å². The van der Waals surface area contributed by atoms with E-state index in [2.05, 4.69) is 10.3 Å². The second-order valence-electron chi connectivity index (χ2n) is 6.19. The van der Waals surface area contributed by atoms with E-state index in [4.69, 9.17) is 4.42 Å². The topological polar surface area (TPSA) is 75.4 Å². The van der Waals surface area contributed by atoms with E-state index in [1.54, 1.807) is 12.1 Å². The number of amides is 1. The van der Waals surface area contributed by atoms with Crippen LogP contribution in [0.15, 0.2) is 65.1 Å². The molecule has 4 aromatic rings. The summed E-state index contributed by atoms with van der Waals surface area (Å²) in [6, 6.07) is 15.6. The van der Waals surface area contributed by atoms with Crippen molar-refractivity contribution in [3.63, 3.8) is 0 Å². The molecule has 0 aliphatic rings. The summed E-state index contributed by atoms with van der Waals surface area (Å²) in [6.45, 7) is 1.96. The highest BCUT2D eigenvalue weighted by molar-refractivity contribution is 6.04. The third-order valence-electron chi connectivity index (χ3n) is 4.12. The number of halogens is 1. The molecule has 1 aromatic heterocycles. The predicted octanol–water partition coefficient (Wildman–Crippen LogP) is 4.90. The molecule has 0 unspecified atom stereocenters. The Hall–Kier alpha value is -3.67. The highest BCUT2D eigenvalue weighted by atomic mass is 19.1. The van der Waals surface area contributed by atoms with Gasteiger partial charge in [-0.05, 0) is 55.0 Å². The number of rotatable bonds is 3. The molecule has 6 heteroatoms. The Morgan fingerprint density at radius 2 is 1.96 bits per heavy atom. The van der Waals surface area contributed by atoms with Crippen LogP contribution in [0.25, 0.3) is 22.6 Å². The molecule has 2 N–H and O–H groups in total. The van der Waals surface area contributed by atoms with Gasteiger partial charge in [0.15, 0.2) is 5.58 Å². The molecular weight excluding hydrogens is 347 g/mol. The van der Waals surface area contributed by atoms with Gasteiger partial charge in [0.25, 0.3) is 5.91 Å². The lowest BCUT2D eigenvalue weighted by Gasteiger charge is -2.07. The fraction of sp³-hybridized carbons (Fsp3) is 0.0476. The van der Waals surface area contributed by atoms with Gasteiger partial charge in [-0.2, -0.15) is 0 Å². The van der Waals surface area contributed by atoms with Crippen molar-refractivity contribution >= 4 is 22.7 Å². The minimum atomic E-state index is -0.493. The Morgan fingerprint density at radius 1 is 1.11 bits per heavy atom. The number of nitrogens with zero attached hydrogens (tertiary/aromatic N) is 1. The summed E-state index contributed by atoms with van der Waals surface area (Å²) in [5.74, 6) is -0.766. The Kier molecular flexibility index (Phi) is 4.08. The zero-order valence-electron chi connectivity index (χ0n) is 14.4. The first-order valence-electron chi connectivity index (χ1n) is 8.27. The predicted molar refractivity (Wildman–Crippen MR) is 100 cm³/mol. The van der Waals surface area contributed by atoms with Crippen LogP contribution >= 0.6 is 0 Å². The number of oxazole rings is 1. The van der Waals surface area contributed by atoms with E-state index >= 15 is 0 Å². The van der Waals surface area contributed by atoms with Gasteiger partial charge in [-0.15, -0.1) is 0 Å². The molecule has 0 atom stereocenters. The van der Waals surface area contributed by atoms with Crippen molar-refractivity contribution in [3.8, 4) is 17.2 Å². The molecule has 0 fully saturated rings. The van der Waals surface area contributed by atoms with E-state index in [1.165, 1.54) is 24.3 Å². The Bertz CT molecular complexity index is 1170. The van der Waals surface area contributed by atoms with E-state index < -0.39 is 11.7 Å². The molecule has 0 bridgehead atoms. The molecule has 0 spiro atoms. The fourth-order valence-electron chi connectivity index (χ4n) is 2.78. The summed E-state index contributed by atoms with van der Waals surface area (Å²) in [5, 5.41) is 13.0. The van der Waals surface area contributed by atoms with Gasteiger partial charge in [0, 0.05) is 17.3 Å². The molecule has 0 radical (unpaired) electrons. The molecule has 1 heterocycles. The van der Waals surface area contributed by atoms with Crippen LogP contribution < -0.4 is 5.32 Å². The average molecular weight is 362 g/mol. The number of carbonyl (C=O) groups excluding carboxylic acids is 1. The van der Waals surface area contributed by atoms with Crippen LogP contribution in [0, 0.1) is 12.7 Å². The van der Waals surface area contributed by atoms with Crippen molar-refractivity contribution in [3.05, 3.63) is 77.6 Å². The number of phenolic OH excluding ortho intramolecular Hbond substituents is 1. The van der Waals surface area contributed by atoms with Crippen LogP contribution in [0.3, 0.4) is 0 Å². The minimum Gasteiger partial charge on any atom is -0.507 e. The number of anilines is 1. The number of fused-ring (bicyclic) bond motifs is 1. The summed E-state index contributed by atoms with van der Waals surface area (Å²) in [6.07, 6.45) is 0. The zero-order chi connectivity index (χ0) is 19.0. The van der Waals surface area contributed by atoms with E-state index in [0.29, 0.717) is 22.4 Å². The number of hydrogen-bond donors (Lipinski definition) is 2. The summed E-state index contributed by atoms with van der Waals surface area (Å²) >= 11 is 0. The van der Waals surface area contributed by atoms with Crippen LogP contribution in [-0.2, 0) is 0 Å². The standard InChI is InChI=1S/C21H15FN2O3/c1-12-5-8-19-17(9-12)24-21(27-19)16-7-6-15(11-18(16)25)23-20(26)13-3-2-4-14(22)10-13/h2-11,25H,1H3,(H,23,26). The summed E-state index contributed by atoms with van der Waals surface area (Å²) in [7, 11) is 0. The molecule has 4 rings (SSSR count). The molecule has 1 amide bonds. The van der Waals surface area contributed by atoms with Gasteiger partial charge in [-0.3, -0.25) is 4.79 Å². The smallest absolute Gasteiger partial charge is 0.255 e. The lowest BCUT2D eigenvalue weighted by molar-refractivity contribution is 0.102. The van der Waals surface area contributed by atoms with Gasteiger partial charge < -0.3 is 14.8 Å². The van der Waals surface area contributed by atoms with E-state index in [1.807, 2.05) is 25.1 Å². The normalized spacial score (nSPS) is 10.9. The van der Waals surface area contributed by atoms with Gasteiger partial charge in [0.2, 0.25) is 5.89 Å². The molecule has 134 valence electrons. The molecule has 27 heavy (non-hydrogen) atoms. The zero-order valence-corrected chi connectivity index (χ0v) is 14.4. The number of carbonyl (C=O) groups is 1. The van der Waals surface area contributed by atoms with E-state index in [0.717, 1.165) is 11.6 Å². The van der Waals surface area contributed by atoms with Crippen molar-refractivity contribution in [2.24, 2.45) is 0 Å². The maximum atomic E-state index is 13.2. The van der Waals surface area contributed by atoms with Crippen molar-refractivity contribution < 1.29 is 18.7 Å². The van der Waals surface area contributed by atoms with Crippen molar-refractivity contribution in [2.75, 3.05) is 5.32 Å². The maximum Gasteiger partial charge on any atom is 0.255 e. The second kappa shape index (κ2) is 6.57. The molecule has 0 saturated carbocycles. The number of nitrogens with one attached hydrogen (secondary N) is 1. The van der Waals surface area contributed by atoms with E-state index in [-0.39, 0.29) is 17.2 Å². The first kappa shape index (κ1) is 16.8. The number of benzene rings is 3. The van der Waals surface area contributed by atoms with Gasteiger partial charge in [0.05, 0.1) is 5.56 Å². The first-order valence-corrected chi connectivity index (χ1v) is 8.27. The third-order valence-corrected chi connectivity index (χ3v) is 4.12. The van der Waals surface area contributed by atoms with Crippen LogP contribution in [0.5, 0.6) is 5.75 Å². The summed E-state index contributed by atoms with van der Waals surface area (Å²) < 4.78 is 18.9. The van der Waals surface area contributed by atoms with Gasteiger partial charge in [-0.1, -0.05) is 12.1 Å². The number of hydrogen-bond acceptors (Lipinski definition) is 4. The van der Waals surface area contributed by atoms with Gasteiger partial charge >= 0.3 is 0 Å². The van der Waals surface area contributed by atoms with Crippen LogP contribution in [-0.4, -0.2) is 16.0 Å². The van der Waals surface area contributed by atoms with Crippen molar-refractivity contribution in [1.29, 1.82) is 0 Å². The molecule has 5 nitrogen and oxygen atoms in total. The second-order valence-corrected chi connectivity index (χ2v) is 6.19. The number of phenols is 1. The summed E-state index contributed by atoms with van der Waals surface area (Å²) in [4.78, 5) is 16.6. The average Bonchev–Trinajstić information content (AvgIpc) is 3.04. The molecule has 0 aliphatic heterocycles. The lowest BCUT2D eigenvalue weighted by atomic mass is 10.1. The highest BCUT2D eigenvalue weighted by Gasteiger charge is 2.14. The van der Waals surface area contributed by atoms with E-state index in [9.17, 15) is 14.3 Å². The highest BCUT2D eigenvalue weighted by Crippen LogP contribution is 2.33. The molecule has 0 saturated heterocycles. The Balaban J connectivity index is 1.61. The SMILES string of the molecule is Cc1ccc2oc(-c3ccc(NC(=O)c4cccc(F)c4)cc3O)nc2c1. The lowest BCUT2D eigenvalue weighted by Crippen LogP contribution is -2.11. The fourth-order valence-corrected chi connectivity index (χ4v) is 2.78. The monoisotopic (exact) mass is 362 g/mol. The maximum absolute atomic E-state index is 13.2. The van der Waals surface area contributed by atoms with Crippen LogP contribution in [0.2, 0.25) is 0 Å². The Labute approximate surface area is 154 Å². The van der Waals surface area contributed by atoms with Gasteiger partial charge in [-0.25, -0.2) is 9.37 Å². The first-order chi connectivity index (χ1) is 13.0. The number of aromatic nitrogens is 1. The Morgan fingerprint density at radius 3 is 2.74 bits per heavy atom. The third kappa shape index (κ3) is 3.37. The number of aryl methyl sites for hydroxylation is 1. The van der Waals surface area contributed by atoms with Crippen LogP contribution in [0.1, 0.15) is 15.9 Å². The van der Waals surface area contributed by atoms with Crippen molar-refractivity contribution in [2.45, 2.75) is 6.92 Å². The number of aromatic hydroxyl groups is 1. The molecule has 0 aliphatic carbocycles.